The molecule has 0 bridgehead atoms. The van der Waals surface area contributed by atoms with E-state index >= 15 is 0 Å². The molecule has 1 amide bonds. The second kappa shape index (κ2) is 8.21. The zero-order chi connectivity index (χ0) is 16.8. The molecule has 1 unspecified atom stereocenters. The van der Waals surface area contributed by atoms with Crippen molar-refractivity contribution in [1.29, 1.82) is 0 Å². The average Bonchev–Trinajstić information content (AvgIpc) is 3.07. The highest BCUT2D eigenvalue weighted by atomic mass is 32.1. The molecule has 23 heavy (non-hydrogen) atoms. The van der Waals surface area contributed by atoms with E-state index in [4.69, 9.17) is 0 Å². The third-order valence-corrected chi connectivity index (χ3v) is 4.87. The van der Waals surface area contributed by atoms with E-state index in [2.05, 4.69) is 50.9 Å². The molecule has 2 nitrogen and oxygen atoms in total. The monoisotopic (exact) mass is 327 g/mol. The summed E-state index contributed by atoms with van der Waals surface area (Å²) in [6.45, 7) is 11.7. The smallest absolute Gasteiger partial charge is 0.209 e. The van der Waals surface area contributed by atoms with Gasteiger partial charge >= 0.3 is 0 Å². The van der Waals surface area contributed by atoms with E-state index in [9.17, 15) is 4.79 Å². The van der Waals surface area contributed by atoms with Crippen LogP contribution in [0.25, 0.3) is 5.57 Å². The Labute approximate surface area is 145 Å². The molecule has 2 rings (SSSR count). The Morgan fingerprint density at radius 2 is 2.26 bits per heavy atom. The minimum absolute atomic E-state index is 0.414. The van der Waals surface area contributed by atoms with E-state index in [0.717, 1.165) is 49.1 Å². The second-order valence-electron chi connectivity index (χ2n) is 5.93. The normalized spacial score (nSPS) is 18.1. The topological polar surface area (TPSA) is 20.3 Å². The molecule has 0 saturated carbocycles. The van der Waals surface area contributed by atoms with Crippen molar-refractivity contribution in [3.63, 3.8) is 0 Å². The Bertz CT molecular complexity index is 633. The standard InChI is InChI=1S/C20H25NOS/c1-4-6-19(15(3)5-2)16-7-8-20(18(11-16)13-23)17-9-10-21(12-17)14-22/h4,6-8,11,14,17,23H,1,3,5,9-10,12-13H2,2H3/b19-6+. The largest absolute Gasteiger partial charge is 0.345 e. The number of hydrogen-bond acceptors (Lipinski definition) is 2. The van der Waals surface area contributed by atoms with E-state index < -0.39 is 0 Å². The summed E-state index contributed by atoms with van der Waals surface area (Å²) in [6.07, 6.45) is 6.71. The van der Waals surface area contributed by atoms with E-state index in [1.54, 1.807) is 0 Å². The molecule has 0 aliphatic carbocycles. The van der Waals surface area contributed by atoms with Crippen LogP contribution in [0.2, 0.25) is 0 Å². The van der Waals surface area contributed by atoms with Crippen LogP contribution in [0.15, 0.2) is 49.1 Å². The highest BCUT2D eigenvalue weighted by molar-refractivity contribution is 7.79. The van der Waals surface area contributed by atoms with Crippen molar-refractivity contribution in [2.24, 2.45) is 0 Å². The molecule has 122 valence electrons. The Kier molecular flexibility index (Phi) is 6.28. The number of thiol groups is 1. The van der Waals surface area contributed by atoms with Crippen LogP contribution in [0, 0.1) is 0 Å². The molecular formula is C20H25NOS. The summed E-state index contributed by atoms with van der Waals surface area (Å²) in [5, 5.41) is 0. The molecule has 1 heterocycles. The number of allylic oxidation sites excluding steroid dienone is 4. The molecule has 1 aliphatic heterocycles. The van der Waals surface area contributed by atoms with Crippen LogP contribution in [0.5, 0.6) is 0 Å². The number of benzene rings is 1. The van der Waals surface area contributed by atoms with Gasteiger partial charge in [0.2, 0.25) is 6.41 Å². The van der Waals surface area contributed by atoms with Gasteiger partial charge in [-0.05, 0) is 40.7 Å². The van der Waals surface area contributed by atoms with E-state index in [1.807, 2.05) is 17.1 Å². The van der Waals surface area contributed by atoms with Crippen LogP contribution in [-0.2, 0) is 10.5 Å². The van der Waals surface area contributed by atoms with Gasteiger partial charge in [-0.1, -0.05) is 50.4 Å². The summed E-state index contributed by atoms with van der Waals surface area (Å²) in [5.74, 6) is 1.11. The third kappa shape index (κ3) is 3.97. The zero-order valence-electron chi connectivity index (χ0n) is 13.8. The lowest BCUT2D eigenvalue weighted by molar-refractivity contribution is -0.117. The molecule has 3 heteroatoms. The number of rotatable bonds is 7. The van der Waals surface area contributed by atoms with Crippen molar-refractivity contribution in [3.8, 4) is 0 Å². The maximum absolute atomic E-state index is 10.9. The van der Waals surface area contributed by atoms with Crippen molar-refractivity contribution >= 4 is 24.6 Å². The quantitative estimate of drug-likeness (QED) is 0.441. The van der Waals surface area contributed by atoms with E-state index in [1.165, 1.54) is 11.1 Å². The van der Waals surface area contributed by atoms with Crippen LogP contribution >= 0.6 is 12.6 Å². The molecule has 1 fully saturated rings. The van der Waals surface area contributed by atoms with Crippen molar-refractivity contribution in [2.45, 2.75) is 31.4 Å². The average molecular weight is 327 g/mol. The van der Waals surface area contributed by atoms with Gasteiger partial charge in [0.25, 0.3) is 0 Å². The number of likely N-dealkylation sites (tertiary alicyclic amines) is 1. The van der Waals surface area contributed by atoms with Gasteiger partial charge in [-0.2, -0.15) is 12.6 Å². The SMILES string of the molecule is C=C/C=C(\C(=C)CC)c1ccc(C2CCN(C=O)C2)c(CS)c1. The molecule has 0 radical (unpaired) electrons. The van der Waals surface area contributed by atoms with E-state index in [0.29, 0.717) is 11.7 Å². The van der Waals surface area contributed by atoms with Gasteiger partial charge in [-0.15, -0.1) is 0 Å². The molecule has 1 saturated heterocycles. The number of nitrogens with zero attached hydrogens (tertiary/aromatic N) is 1. The van der Waals surface area contributed by atoms with Crippen molar-refractivity contribution in [1.82, 2.24) is 4.90 Å². The fraction of sp³-hybridized carbons (Fsp3) is 0.350. The highest BCUT2D eigenvalue weighted by Gasteiger charge is 2.24. The lowest BCUT2D eigenvalue weighted by Crippen LogP contribution is -2.17. The van der Waals surface area contributed by atoms with Gasteiger partial charge in [0, 0.05) is 24.8 Å². The third-order valence-electron chi connectivity index (χ3n) is 4.53. The zero-order valence-corrected chi connectivity index (χ0v) is 14.7. The van der Waals surface area contributed by atoms with Crippen LogP contribution in [0.1, 0.15) is 42.4 Å². The maximum atomic E-state index is 10.9. The molecule has 1 aromatic carbocycles. The minimum Gasteiger partial charge on any atom is -0.345 e. The van der Waals surface area contributed by atoms with Crippen molar-refractivity contribution in [3.05, 3.63) is 65.8 Å². The van der Waals surface area contributed by atoms with Gasteiger partial charge in [-0.25, -0.2) is 0 Å². The number of amides is 1. The number of carbonyl (C=O) groups is 1. The van der Waals surface area contributed by atoms with Crippen LogP contribution in [0.3, 0.4) is 0 Å². The molecular weight excluding hydrogens is 302 g/mol. The van der Waals surface area contributed by atoms with Crippen molar-refractivity contribution in [2.75, 3.05) is 13.1 Å². The summed E-state index contributed by atoms with van der Waals surface area (Å²) >= 11 is 4.52. The summed E-state index contributed by atoms with van der Waals surface area (Å²) < 4.78 is 0. The number of hydrogen-bond donors (Lipinski definition) is 1. The van der Waals surface area contributed by atoms with Crippen molar-refractivity contribution < 1.29 is 4.79 Å². The molecule has 0 N–H and O–H groups in total. The van der Waals surface area contributed by atoms with Gasteiger partial charge < -0.3 is 4.90 Å². The highest BCUT2D eigenvalue weighted by Crippen LogP contribution is 2.33. The second-order valence-corrected chi connectivity index (χ2v) is 6.25. The Balaban J connectivity index is 2.36. The molecule has 1 atom stereocenters. The molecule has 0 spiro atoms. The fourth-order valence-electron chi connectivity index (χ4n) is 3.17. The number of carbonyl (C=O) groups excluding carboxylic acids is 1. The van der Waals surface area contributed by atoms with Gasteiger partial charge in [0.15, 0.2) is 0 Å². The summed E-state index contributed by atoms with van der Waals surface area (Å²) in [4.78, 5) is 12.8. The first kappa shape index (κ1) is 17.6. The van der Waals surface area contributed by atoms with Gasteiger partial charge in [-0.3, -0.25) is 4.79 Å². The molecule has 1 aromatic rings. The van der Waals surface area contributed by atoms with Gasteiger partial charge in [0.1, 0.15) is 0 Å². The minimum atomic E-state index is 0.414. The first-order valence-corrected chi connectivity index (χ1v) is 8.72. The van der Waals surface area contributed by atoms with Crippen LogP contribution in [0.4, 0.5) is 0 Å². The first-order chi connectivity index (χ1) is 11.1. The first-order valence-electron chi connectivity index (χ1n) is 8.08. The maximum Gasteiger partial charge on any atom is 0.209 e. The molecule has 0 aromatic heterocycles. The summed E-state index contributed by atoms with van der Waals surface area (Å²) in [5.41, 5.74) is 5.96. The van der Waals surface area contributed by atoms with Gasteiger partial charge in [0.05, 0.1) is 0 Å². The summed E-state index contributed by atoms with van der Waals surface area (Å²) in [7, 11) is 0. The fourth-order valence-corrected chi connectivity index (χ4v) is 3.45. The Morgan fingerprint density at radius 1 is 1.48 bits per heavy atom. The predicted molar refractivity (Wildman–Crippen MR) is 102 cm³/mol. The van der Waals surface area contributed by atoms with E-state index in [-0.39, 0.29) is 0 Å². The Morgan fingerprint density at radius 3 is 2.83 bits per heavy atom. The predicted octanol–water partition coefficient (Wildman–Crippen LogP) is 4.60. The van der Waals surface area contributed by atoms with Crippen LogP contribution in [-0.4, -0.2) is 24.4 Å². The molecule has 1 aliphatic rings. The lowest BCUT2D eigenvalue weighted by Gasteiger charge is -2.18. The Hall–Kier alpha value is -1.74. The summed E-state index contributed by atoms with van der Waals surface area (Å²) in [6, 6.07) is 6.56. The van der Waals surface area contributed by atoms with Crippen LogP contribution < -0.4 is 0 Å². The lowest BCUT2D eigenvalue weighted by atomic mass is 9.89.